The highest BCUT2D eigenvalue weighted by Gasteiger charge is 2.60. The van der Waals surface area contributed by atoms with Gasteiger partial charge in [0.2, 0.25) is 17.7 Å². The van der Waals surface area contributed by atoms with E-state index in [1.165, 1.54) is 16.9 Å². The fourth-order valence-electron chi connectivity index (χ4n) is 5.28. The molecular formula is C24H25N7O5S. The van der Waals surface area contributed by atoms with Crippen LogP contribution in [0.5, 0.6) is 5.88 Å². The number of allylic oxidation sites excluding steroid dienone is 1. The van der Waals surface area contributed by atoms with E-state index in [2.05, 4.69) is 32.1 Å². The number of barbiturate groups is 1. The minimum atomic E-state index is -1.50. The summed E-state index contributed by atoms with van der Waals surface area (Å²) in [6.07, 6.45) is 2.84. The van der Waals surface area contributed by atoms with E-state index in [-0.39, 0.29) is 29.2 Å². The summed E-state index contributed by atoms with van der Waals surface area (Å²) in [6, 6.07) is 4.07. The number of aromatic nitrogens is 2. The number of carbonyl (C=O) groups excluding carboxylic acids is 3. The summed E-state index contributed by atoms with van der Waals surface area (Å²) >= 11 is 5.10. The number of hydrogen-bond donors (Lipinski definition) is 4. The van der Waals surface area contributed by atoms with Gasteiger partial charge in [0.25, 0.3) is 5.56 Å². The van der Waals surface area contributed by atoms with Crippen LogP contribution in [0.4, 0.5) is 16.2 Å². The summed E-state index contributed by atoms with van der Waals surface area (Å²) in [7, 11) is 1.93. The minimum Gasteiger partial charge on any atom is -0.494 e. The summed E-state index contributed by atoms with van der Waals surface area (Å²) in [5, 5.41) is 15.1. The lowest BCUT2D eigenvalue weighted by Gasteiger charge is -2.53. The molecule has 4 N–H and O–H groups in total. The molecule has 1 aromatic carbocycles. The second-order valence-electron chi connectivity index (χ2n) is 9.32. The van der Waals surface area contributed by atoms with E-state index in [0.29, 0.717) is 24.3 Å². The van der Waals surface area contributed by atoms with Crippen molar-refractivity contribution < 1.29 is 19.5 Å². The van der Waals surface area contributed by atoms with Crippen molar-refractivity contribution in [3.05, 3.63) is 57.1 Å². The zero-order chi connectivity index (χ0) is 26.5. The van der Waals surface area contributed by atoms with E-state index in [1.807, 2.05) is 18.0 Å². The number of aromatic hydroxyl groups is 1. The first-order valence-electron chi connectivity index (χ1n) is 11.6. The standard InChI is InChI=1S/C24H25N7O5S/c1-3-6-31-19(33)15(18(32)26-23(31)37)11-25-14-4-5-16-13(9-14)10-24(17-12-29(2)7-8-30(16)17)20(34)27-22(36)28-21(24)35/h3-5,9,11,17,33H,1,6-8,10,12H2,2H3,(H,26,32,37)(H2,27,28,34,35,36)/t17-/m1/s1. The van der Waals surface area contributed by atoms with Crippen molar-refractivity contribution in [3.63, 3.8) is 0 Å². The maximum Gasteiger partial charge on any atom is 0.328 e. The van der Waals surface area contributed by atoms with Crippen LogP contribution in [0.2, 0.25) is 0 Å². The number of nitrogens with zero attached hydrogens (tertiary/aromatic N) is 4. The van der Waals surface area contributed by atoms with Gasteiger partial charge in [-0.3, -0.25) is 39.6 Å². The molecule has 12 nitrogen and oxygen atoms in total. The highest BCUT2D eigenvalue weighted by Crippen LogP contribution is 2.45. The van der Waals surface area contributed by atoms with E-state index in [4.69, 9.17) is 12.2 Å². The van der Waals surface area contributed by atoms with Gasteiger partial charge >= 0.3 is 6.03 Å². The number of hydrogen-bond acceptors (Lipinski definition) is 9. The van der Waals surface area contributed by atoms with Gasteiger partial charge in [-0.1, -0.05) is 6.08 Å². The predicted molar refractivity (Wildman–Crippen MR) is 138 cm³/mol. The summed E-state index contributed by atoms with van der Waals surface area (Å²) < 4.78 is 1.37. The van der Waals surface area contributed by atoms with E-state index in [0.717, 1.165) is 12.2 Å². The van der Waals surface area contributed by atoms with E-state index in [1.54, 1.807) is 12.1 Å². The Bertz CT molecular complexity index is 1470. The molecule has 0 unspecified atom stereocenters. The number of rotatable bonds is 4. The normalized spacial score (nSPS) is 20.9. The lowest BCUT2D eigenvalue weighted by Crippen LogP contribution is -2.74. The van der Waals surface area contributed by atoms with Gasteiger partial charge in [-0.05, 0) is 49.4 Å². The Hall–Kier alpha value is -4.10. The fourth-order valence-corrected chi connectivity index (χ4v) is 5.53. The van der Waals surface area contributed by atoms with E-state index >= 15 is 0 Å². The lowest BCUT2D eigenvalue weighted by atomic mass is 9.68. The van der Waals surface area contributed by atoms with Gasteiger partial charge in [0.15, 0.2) is 10.2 Å². The average Bonchev–Trinajstić information content (AvgIpc) is 2.84. The third kappa shape index (κ3) is 3.96. The number of H-pyrrole nitrogens is 1. The zero-order valence-corrected chi connectivity index (χ0v) is 20.8. The third-order valence-corrected chi connectivity index (χ3v) is 7.44. The first kappa shape index (κ1) is 24.6. The van der Waals surface area contributed by atoms with Gasteiger partial charge in [-0.15, -0.1) is 6.58 Å². The van der Waals surface area contributed by atoms with E-state index in [9.17, 15) is 24.3 Å². The number of aliphatic imine (C=N–C) groups is 1. The summed E-state index contributed by atoms with van der Waals surface area (Å²) in [5.74, 6) is -1.59. The number of anilines is 1. The first-order chi connectivity index (χ1) is 17.6. The number of carbonyl (C=O) groups is 3. The molecule has 2 fully saturated rings. The Labute approximate surface area is 216 Å². The molecule has 1 spiro atoms. The van der Waals surface area contributed by atoms with Crippen LogP contribution in [0.25, 0.3) is 0 Å². The molecule has 1 atom stereocenters. The monoisotopic (exact) mass is 523 g/mol. The minimum absolute atomic E-state index is 0.0582. The number of aromatic amines is 1. The molecule has 2 aromatic rings. The van der Waals surface area contributed by atoms with Crippen molar-refractivity contribution in [3.8, 4) is 5.88 Å². The maximum atomic E-state index is 13.2. The molecule has 0 aliphatic carbocycles. The van der Waals surface area contributed by atoms with Gasteiger partial charge in [0, 0.05) is 38.1 Å². The van der Waals surface area contributed by atoms with Crippen molar-refractivity contribution in [1.82, 2.24) is 25.1 Å². The van der Waals surface area contributed by atoms with Crippen molar-refractivity contribution in [1.29, 1.82) is 0 Å². The van der Waals surface area contributed by atoms with Gasteiger partial charge in [-0.25, -0.2) is 4.79 Å². The largest absolute Gasteiger partial charge is 0.494 e. The summed E-state index contributed by atoms with van der Waals surface area (Å²) in [4.78, 5) is 61.6. The van der Waals surface area contributed by atoms with Crippen molar-refractivity contribution in [2.75, 3.05) is 31.6 Å². The van der Waals surface area contributed by atoms with Gasteiger partial charge < -0.3 is 14.9 Å². The Morgan fingerprint density at radius 2 is 1.95 bits per heavy atom. The number of imide groups is 2. The van der Waals surface area contributed by atoms with Crippen molar-refractivity contribution >= 4 is 47.7 Å². The SMILES string of the molecule is C=CCn1c(O)c(C=Nc2ccc3c(c2)CC2(C(=O)NC(=O)NC2=O)[C@H]2CN(C)CCN32)c(=O)[nH]c1=S. The van der Waals surface area contributed by atoms with Gasteiger partial charge in [-0.2, -0.15) is 0 Å². The first-order valence-corrected chi connectivity index (χ1v) is 12.0. The smallest absolute Gasteiger partial charge is 0.328 e. The lowest BCUT2D eigenvalue weighted by molar-refractivity contribution is -0.147. The molecule has 3 aliphatic heterocycles. The quantitative estimate of drug-likeness (QED) is 0.197. The third-order valence-electron chi connectivity index (χ3n) is 7.12. The van der Waals surface area contributed by atoms with Crippen LogP contribution in [0.1, 0.15) is 11.1 Å². The number of fused-ring (bicyclic) bond motifs is 4. The molecule has 4 amide bonds. The number of piperazine rings is 1. The molecule has 5 rings (SSSR count). The molecule has 0 radical (unpaired) electrons. The number of benzene rings is 1. The highest BCUT2D eigenvalue weighted by atomic mass is 32.1. The highest BCUT2D eigenvalue weighted by molar-refractivity contribution is 7.71. The van der Waals surface area contributed by atoms with Gasteiger partial charge in [0.1, 0.15) is 5.56 Å². The predicted octanol–water partition coefficient (Wildman–Crippen LogP) is 0.577. The van der Waals surface area contributed by atoms with Crippen LogP contribution in [-0.2, 0) is 22.6 Å². The van der Waals surface area contributed by atoms with Crippen molar-refractivity contribution in [2.45, 2.75) is 19.0 Å². The molecule has 3 aliphatic rings. The molecule has 192 valence electrons. The molecule has 0 bridgehead atoms. The van der Waals surface area contributed by atoms with Crippen LogP contribution >= 0.6 is 12.2 Å². The molecule has 0 saturated carbocycles. The Morgan fingerprint density at radius 1 is 1.22 bits per heavy atom. The molecule has 37 heavy (non-hydrogen) atoms. The summed E-state index contributed by atoms with van der Waals surface area (Å²) in [5.41, 5.74) is -0.137. The number of likely N-dealkylation sites (N-methyl/N-ethyl adjacent to an activating group) is 1. The molecule has 13 heteroatoms. The topological polar surface area (TPSA) is 152 Å². The second-order valence-corrected chi connectivity index (χ2v) is 9.71. The Morgan fingerprint density at radius 3 is 2.65 bits per heavy atom. The average molecular weight is 524 g/mol. The Balaban J connectivity index is 1.56. The van der Waals surface area contributed by atoms with Crippen LogP contribution in [0.3, 0.4) is 0 Å². The number of amides is 4. The fraction of sp³-hybridized carbons (Fsp3) is 0.333. The Kier molecular flexibility index (Phi) is 6.04. The van der Waals surface area contributed by atoms with Crippen LogP contribution in [-0.4, -0.2) is 76.3 Å². The molecule has 1 aromatic heterocycles. The molecule has 4 heterocycles. The molecular weight excluding hydrogens is 498 g/mol. The second kappa shape index (κ2) is 9.09. The van der Waals surface area contributed by atoms with Gasteiger partial charge in [0.05, 0.1) is 11.7 Å². The number of nitrogens with one attached hydrogen (secondary N) is 3. The van der Waals surface area contributed by atoms with Crippen LogP contribution < -0.4 is 21.1 Å². The van der Waals surface area contributed by atoms with Crippen LogP contribution in [0, 0.1) is 10.2 Å². The summed E-state index contributed by atoms with van der Waals surface area (Å²) in [6.45, 7) is 5.62. The maximum absolute atomic E-state index is 13.2. The van der Waals surface area contributed by atoms with Crippen molar-refractivity contribution in [2.24, 2.45) is 10.4 Å². The van der Waals surface area contributed by atoms with E-state index < -0.39 is 34.9 Å². The van der Waals surface area contributed by atoms with Crippen LogP contribution in [0.15, 0.2) is 40.6 Å². The zero-order valence-electron chi connectivity index (χ0n) is 20.0. The molecule has 2 saturated heterocycles. The number of urea groups is 1.